The molecule has 2 atom stereocenters. The molecule has 1 N–H and O–H groups in total. The van der Waals surface area contributed by atoms with E-state index in [0.717, 1.165) is 18.0 Å². The van der Waals surface area contributed by atoms with Gasteiger partial charge in [0.25, 0.3) is 0 Å². The van der Waals surface area contributed by atoms with E-state index >= 15 is 0 Å². The lowest BCUT2D eigenvalue weighted by atomic mass is 10.2. The minimum absolute atomic E-state index is 0.175. The molecule has 0 aliphatic heterocycles. The van der Waals surface area contributed by atoms with Gasteiger partial charge < -0.3 is 10.1 Å². The van der Waals surface area contributed by atoms with E-state index in [4.69, 9.17) is 4.74 Å². The van der Waals surface area contributed by atoms with Crippen molar-refractivity contribution in [1.82, 2.24) is 5.32 Å². The van der Waals surface area contributed by atoms with Crippen LogP contribution in [0.4, 0.5) is 0 Å². The first-order chi connectivity index (χ1) is 11.3. The minimum atomic E-state index is 0.175. The van der Waals surface area contributed by atoms with Crippen LogP contribution >= 0.6 is 9.24 Å². The number of hydrogen-bond donors (Lipinski definition) is 1. The summed E-state index contributed by atoms with van der Waals surface area (Å²) in [7, 11) is 2.85. The van der Waals surface area contributed by atoms with Crippen LogP contribution < -0.4 is 10.1 Å². The predicted octanol–water partition coefficient (Wildman–Crippen LogP) is 5.14. The van der Waals surface area contributed by atoms with Gasteiger partial charge in [0.1, 0.15) is 11.5 Å². The fourth-order valence-electron chi connectivity index (χ4n) is 2.34. The Morgan fingerprint density at radius 1 is 0.783 bits per heavy atom. The van der Waals surface area contributed by atoms with Crippen molar-refractivity contribution in [2.75, 3.05) is 0 Å². The summed E-state index contributed by atoms with van der Waals surface area (Å²) in [6.07, 6.45) is 0. The first-order valence-corrected chi connectivity index (χ1v) is 8.34. The summed E-state index contributed by atoms with van der Waals surface area (Å²) in [5.74, 6) is 1.87. The average Bonchev–Trinajstić information content (AvgIpc) is 2.62. The summed E-state index contributed by atoms with van der Waals surface area (Å²) in [5.41, 5.74) is 2.45. The summed E-state index contributed by atoms with van der Waals surface area (Å²) in [6, 6.07) is 28.4. The van der Waals surface area contributed by atoms with Gasteiger partial charge in [-0.25, -0.2) is 0 Å². The lowest BCUT2D eigenvalue weighted by Crippen LogP contribution is -2.15. The summed E-state index contributed by atoms with van der Waals surface area (Å²) in [4.78, 5) is 0. The Morgan fingerprint density at radius 3 is 2.17 bits per heavy atom. The van der Waals surface area contributed by atoms with Crippen LogP contribution in [-0.2, 0) is 6.54 Å². The minimum Gasteiger partial charge on any atom is -0.457 e. The van der Waals surface area contributed by atoms with Crippen LogP contribution in [0.1, 0.15) is 16.9 Å². The van der Waals surface area contributed by atoms with Crippen molar-refractivity contribution in [2.24, 2.45) is 0 Å². The average molecular weight is 321 g/mol. The van der Waals surface area contributed by atoms with Crippen LogP contribution in [0.15, 0.2) is 84.9 Å². The zero-order chi connectivity index (χ0) is 15.9. The molecule has 0 radical (unpaired) electrons. The lowest BCUT2D eigenvalue weighted by Gasteiger charge is -2.15. The predicted molar refractivity (Wildman–Crippen MR) is 98.7 cm³/mol. The van der Waals surface area contributed by atoms with E-state index in [2.05, 4.69) is 51.0 Å². The molecule has 3 heteroatoms. The molecule has 0 bridgehead atoms. The SMILES string of the molecule is PC(NCc1ccccc1)c1cccc(Oc2ccccc2)c1. The Balaban J connectivity index is 1.64. The highest BCUT2D eigenvalue weighted by atomic mass is 31.0. The van der Waals surface area contributed by atoms with E-state index in [-0.39, 0.29) is 5.78 Å². The molecule has 0 amide bonds. The summed E-state index contributed by atoms with van der Waals surface area (Å²) < 4.78 is 5.89. The van der Waals surface area contributed by atoms with Crippen LogP contribution in [0.3, 0.4) is 0 Å². The van der Waals surface area contributed by atoms with E-state index in [1.165, 1.54) is 11.1 Å². The molecular formula is C20H20NOP. The second kappa shape index (κ2) is 7.92. The maximum atomic E-state index is 5.89. The zero-order valence-electron chi connectivity index (χ0n) is 12.9. The molecule has 23 heavy (non-hydrogen) atoms. The molecule has 116 valence electrons. The lowest BCUT2D eigenvalue weighted by molar-refractivity contribution is 0.481. The smallest absolute Gasteiger partial charge is 0.127 e. The van der Waals surface area contributed by atoms with E-state index < -0.39 is 0 Å². The van der Waals surface area contributed by atoms with Crippen LogP contribution in [0.25, 0.3) is 0 Å². The second-order valence-corrected chi connectivity index (χ2v) is 6.00. The molecule has 0 heterocycles. The number of rotatable bonds is 6. The van der Waals surface area contributed by atoms with Crippen molar-refractivity contribution < 1.29 is 4.74 Å². The highest BCUT2D eigenvalue weighted by Gasteiger charge is 2.06. The van der Waals surface area contributed by atoms with Crippen molar-refractivity contribution in [3.63, 3.8) is 0 Å². The Morgan fingerprint density at radius 2 is 1.43 bits per heavy atom. The molecule has 3 aromatic rings. The highest BCUT2D eigenvalue weighted by Crippen LogP contribution is 2.27. The molecule has 0 saturated heterocycles. The van der Waals surface area contributed by atoms with E-state index in [0.29, 0.717) is 0 Å². The third-order valence-electron chi connectivity index (χ3n) is 3.57. The molecule has 0 aliphatic rings. The summed E-state index contributed by atoms with van der Waals surface area (Å²) >= 11 is 0. The van der Waals surface area contributed by atoms with Gasteiger partial charge in [0, 0.05) is 12.3 Å². The third-order valence-corrected chi connectivity index (χ3v) is 4.19. The molecule has 0 spiro atoms. The van der Waals surface area contributed by atoms with Crippen molar-refractivity contribution in [3.05, 3.63) is 96.1 Å². The molecule has 0 saturated carbocycles. The fourth-order valence-corrected chi connectivity index (χ4v) is 2.66. The molecule has 2 nitrogen and oxygen atoms in total. The Labute approximate surface area is 139 Å². The topological polar surface area (TPSA) is 21.3 Å². The number of hydrogen-bond acceptors (Lipinski definition) is 2. The Kier molecular flexibility index (Phi) is 5.42. The Bertz CT molecular complexity index is 731. The number of nitrogens with one attached hydrogen (secondary N) is 1. The fraction of sp³-hybridized carbons (Fsp3) is 0.100. The van der Waals surface area contributed by atoms with Crippen LogP contribution in [0, 0.1) is 0 Å². The number of para-hydroxylation sites is 1. The van der Waals surface area contributed by atoms with Crippen LogP contribution in [-0.4, -0.2) is 0 Å². The van der Waals surface area contributed by atoms with Crippen LogP contribution in [0.5, 0.6) is 11.5 Å². The maximum absolute atomic E-state index is 5.89. The van der Waals surface area contributed by atoms with Gasteiger partial charge in [-0.05, 0) is 35.4 Å². The van der Waals surface area contributed by atoms with Crippen molar-refractivity contribution in [2.45, 2.75) is 12.3 Å². The quantitative estimate of drug-likeness (QED) is 0.635. The van der Waals surface area contributed by atoms with Crippen molar-refractivity contribution >= 4 is 9.24 Å². The number of benzene rings is 3. The highest BCUT2D eigenvalue weighted by molar-refractivity contribution is 7.17. The zero-order valence-corrected chi connectivity index (χ0v) is 14.0. The van der Waals surface area contributed by atoms with Gasteiger partial charge >= 0.3 is 0 Å². The van der Waals surface area contributed by atoms with E-state index in [1.54, 1.807) is 0 Å². The van der Waals surface area contributed by atoms with Crippen LogP contribution in [0.2, 0.25) is 0 Å². The standard InChI is InChI=1S/C20H20NOP/c23-20(21-15-16-8-3-1-4-9-16)17-10-7-13-19(14-17)22-18-11-5-2-6-12-18/h1-14,20-21H,15,23H2. The van der Waals surface area contributed by atoms with Gasteiger partial charge in [0.2, 0.25) is 0 Å². The molecule has 0 aromatic heterocycles. The number of ether oxygens (including phenoxy) is 1. The first kappa shape index (κ1) is 15.7. The monoisotopic (exact) mass is 321 g/mol. The van der Waals surface area contributed by atoms with Gasteiger partial charge in [-0.2, -0.15) is 0 Å². The molecular weight excluding hydrogens is 301 g/mol. The van der Waals surface area contributed by atoms with E-state index in [9.17, 15) is 0 Å². The second-order valence-electron chi connectivity index (χ2n) is 5.33. The van der Waals surface area contributed by atoms with Gasteiger partial charge in [0.05, 0.1) is 0 Å². The third kappa shape index (κ3) is 4.66. The molecule has 0 aliphatic carbocycles. The van der Waals surface area contributed by atoms with Gasteiger partial charge in [-0.15, -0.1) is 9.24 Å². The first-order valence-electron chi connectivity index (χ1n) is 7.67. The molecule has 3 aromatic carbocycles. The maximum Gasteiger partial charge on any atom is 0.127 e. The molecule has 2 unspecified atom stereocenters. The summed E-state index contributed by atoms with van der Waals surface area (Å²) in [6.45, 7) is 0.832. The van der Waals surface area contributed by atoms with Gasteiger partial charge in [-0.3, -0.25) is 0 Å². The van der Waals surface area contributed by atoms with Gasteiger partial charge in [0.15, 0.2) is 0 Å². The van der Waals surface area contributed by atoms with E-state index in [1.807, 2.05) is 48.5 Å². The normalized spacial score (nSPS) is 11.9. The van der Waals surface area contributed by atoms with Gasteiger partial charge in [-0.1, -0.05) is 60.7 Å². The van der Waals surface area contributed by atoms with Crippen molar-refractivity contribution in [1.29, 1.82) is 0 Å². The molecule has 0 fully saturated rings. The van der Waals surface area contributed by atoms with Crippen molar-refractivity contribution in [3.8, 4) is 11.5 Å². The largest absolute Gasteiger partial charge is 0.457 e. The molecule has 3 rings (SSSR count). The summed E-state index contributed by atoms with van der Waals surface area (Å²) in [5, 5.41) is 3.51. The Hall–Kier alpha value is -2.15.